The van der Waals surface area contributed by atoms with Gasteiger partial charge in [0.1, 0.15) is 5.75 Å². The van der Waals surface area contributed by atoms with E-state index < -0.39 is 0 Å². The summed E-state index contributed by atoms with van der Waals surface area (Å²) in [6.07, 6.45) is 0.864. The zero-order valence-corrected chi connectivity index (χ0v) is 14.3. The number of non-ortho nitro benzene ring substituents is 1. The number of nitriles is 1. The van der Waals surface area contributed by atoms with E-state index in [1.54, 1.807) is 18.2 Å². The first-order chi connectivity index (χ1) is 12.6. The van der Waals surface area contributed by atoms with Crippen LogP contribution in [0.3, 0.4) is 0 Å². The first kappa shape index (κ1) is 16.6. The minimum absolute atomic E-state index is 0.128. The van der Waals surface area contributed by atoms with Gasteiger partial charge in [0.25, 0.3) is 5.69 Å². The Morgan fingerprint density at radius 1 is 1.23 bits per heavy atom. The summed E-state index contributed by atoms with van der Waals surface area (Å²) in [5.74, 6) is 1.76. The smallest absolute Gasteiger partial charge is 0.269 e. The Labute approximate surface area is 151 Å². The molecule has 0 unspecified atom stereocenters. The van der Waals surface area contributed by atoms with Crippen LogP contribution in [0, 0.1) is 27.4 Å². The molecular weight excluding hydrogens is 330 g/mol. The molecule has 2 heterocycles. The minimum Gasteiger partial charge on any atom is -0.493 e. The normalized spacial score (nSPS) is 21.3. The number of likely N-dealkylation sites (tertiary alicyclic amines) is 1. The number of hydrogen-bond donors (Lipinski definition) is 0. The second kappa shape index (κ2) is 6.77. The zero-order valence-electron chi connectivity index (χ0n) is 14.3. The number of hydrogen-bond acceptors (Lipinski definition) is 5. The van der Waals surface area contributed by atoms with Crippen molar-refractivity contribution in [2.45, 2.75) is 12.3 Å². The Morgan fingerprint density at radius 3 is 2.77 bits per heavy atom. The molecule has 6 nitrogen and oxygen atoms in total. The Kier molecular flexibility index (Phi) is 4.31. The van der Waals surface area contributed by atoms with Crippen LogP contribution >= 0.6 is 0 Å². The lowest BCUT2D eigenvalue weighted by atomic mass is 9.86. The van der Waals surface area contributed by atoms with Gasteiger partial charge in [0.2, 0.25) is 0 Å². The molecule has 6 heteroatoms. The van der Waals surface area contributed by atoms with E-state index in [2.05, 4.69) is 11.0 Å². The number of ether oxygens (including phenoxy) is 1. The molecule has 2 atom stereocenters. The van der Waals surface area contributed by atoms with Gasteiger partial charge in [-0.25, -0.2) is 0 Å². The molecule has 0 spiro atoms. The number of rotatable bonds is 4. The van der Waals surface area contributed by atoms with Crippen molar-refractivity contribution in [2.24, 2.45) is 5.92 Å². The van der Waals surface area contributed by atoms with Gasteiger partial charge in [-0.3, -0.25) is 10.1 Å². The van der Waals surface area contributed by atoms with E-state index >= 15 is 0 Å². The van der Waals surface area contributed by atoms with E-state index in [0.29, 0.717) is 17.4 Å². The third-order valence-electron chi connectivity index (χ3n) is 5.37. The number of fused-ring (bicyclic) bond motifs is 3. The fourth-order valence-electron chi connectivity index (χ4n) is 3.97. The lowest BCUT2D eigenvalue weighted by molar-refractivity contribution is -0.384. The number of nitro benzene ring substituents is 1. The maximum atomic E-state index is 10.7. The third kappa shape index (κ3) is 3.14. The summed E-state index contributed by atoms with van der Waals surface area (Å²) in [6, 6.07) is 14.7. The molecule has 1 fully saturated rings. The molecule has 4 rings (SSSR count). The largest absolute Gasteiger partial charge is 0.493 e. The quantitative estimate of drug-likeness (QED) is 0.626. The first-order valence-electron chi connectivity index (χ1n) is 8.76. The van der Waals surface area contributed by atoms with Crippen LogP contribution in [0.1, 0.15) is 22.6 Å². The molecule has 0 saturated carbocycles. The lowest BCUT2D eigenvalue weighted by Crippen LogP contribution is -2.25. The van der Waals surface area contributed by atoms with Crippen molar-refractivity contribution in [3.8, 4) is 11.8 Å². The molecule has 0 amide bonds. The van der Waals surface area contributed by atoms with Crippen molar-refractivity contribution < 1.29 is 9.66 Å². The second-order valence-corrected chi connectivity index (χ2v) is 6.98. The van der Waals surface area contributed by atoms with Crippen LogP contribution in [0.2, 0.25) is 0 Å². The predicted molar refractivity (Wildman–Crippen MR) is 96.1 cm³/mol. The van der Waals surface area contributed by atoms with E-state index in [-0.39, 0.29) is 10.6 Å². The minimum atomic E-state index is -0.373. The van der Waals surface area contributed by atoms with Crippen LogP contribution in [0.4, 0.5) is 5.69 Å². The molecule has 0 aliphatic carbocycles. The molecule has 2 aromatic carbocycles. The SMILES string of the molecule is N#Cc1ccc2c(c1)[C@@H]1CN(CCc3ccc([N+](=O)[O-])cc3)C[C@H]1CO2. The Bertz CT molecular complexity index is 873. The fourth-order valence-corrected chi connectivity index (χ4v) is 3.97. The van der Waals surface area contributed by atoms with Gasteiger partial charge in [0.05, 0.1) is 23.2 Å². The van der Waals surface area contributed by atoms with Gasteiger partial charge in [-0.1, -0.05) is 12.1 Å². The highest BCUT2D eigenvalue weighted by Crippen LogP contribution is 2.41. The van der Waals surface area contributed by atoms with E-state index in [1.165, 1.54) is 0 Å². The Hall–Kier alpha value is -2.91. The van der Waals surface area contributed by atoms with Crippen molar-refractivity contribution >= 4 is 5.69 Å². The van der Waals surface area contributed by atoms with Gasteiger partial charge in [-0.2, -0.15) is 5.26 Å². The lowest BCUT2D eigenvalue weighted by Gasteiger charge is -2.27. The number of benzene rings is 2. The molecule has 0 bridgehead atoms. The molecular formula is C20H19N3O3. The maximum Gasteiger partial charge on any atom is 0.269 e. The maximum absolute atomic E-state index is 10.7. The van der Waals surface area contributed by atoms with Crippen molar-refractivity contribution in [1.82, 2.24) is 4.90 Å². The van der Waals surface area contributed by atoms with E-state index in [1.807, 2.05) is 24.3 Å². The van der Waals surface area contributed by atoms with Crippen molar-refractivity contribution in [3.05, 3.63) is 69.3 Å². The van der Waals surface area contributed by atoms with Crippen molar-refractivity contribution in [2.75, 3.05) is 26.2 Å². The predicted octanol–water partition coefficient (Wildman–Crippen LogP) is 3.12. The summed E-state index contributed by atoms with van der Waals surface area (Å²) in [7, 11) is 0. The fraction of sp³-hybridized carbons (Fsp3) is 0.350. The molecule has 2 aromatic rings. The number of nitrogens with zero attached hydrogens (tertiary/aromatic N) is 3. The molecule has 0 aromatic heterocycles. The standard InChI is InChI=1S/C20H19N3O3/c21-10-15-3-6-20-18(9-15)19-12-22(11-16(19)13-26-20)8-7-14-1-4-17(5-2-14)23(24)25/h1-6,9,16,19H,7-8,11-13H2/t16-,19+/m0/s1. The average Bonchev–Trinajstić information content (AvgIpc) is 3.10. The summed E-state index contributed by atoms with van der Waals surface area (Å²) >= 11 is 0. The summed E-state index contributed by atoms with van der Waals surface area (Å²) in [4.78, 5) is 12.8. The summed E-state index contributed by atoms with van der Waals surface area (Å²) < 4.78 is 5.88. The van der Waals surface area contributed by atoms with Gasteiger partial charge in [-0.05, 0) is 30.2 Å². The highest BCUT2D eigenvalue weighted by atomic mass is 16.6. The van der Waals surface area contributed by atoms with Crippen molar-refractivity contribution in [3.63, 3.8) is 0 Å². The van der Waals surface area contributed by atoms with Crippen LogP contribution in [-0.4, -0.2) is 36.1 Å². The van der Waals surface area contributed by atoms with Gasteiger partial charge in [-0.15, -0.1) is 0 Å². The third-order valence-corrected chi connectivity index (χ3v) is 5.37. The van der Waals surface area contributed by atoms with Gasteiger partial charge in [0.15, 0.2) is 0 Å². The Morgan fingerprint density at radius 2 is 2.04 bits per heavy atom. The summed E-state index contributed by atoms with van der Waals surface area (Å²) in [5.41, 5.74) is 3.06. The molecule has 0 radical (unpaired) electrons. The van der Waals surface area contributed by atoms with Gasteiger partial charge < -0.3 is 9.64 Å². The van der Waals surface area contributed by atoms with E-state index in [9.17, 15) is 10.1 Å². The monoisotopic (exact) mass is 349 g/mol. The molecule has 0 N–H and O–H groups in total. The summed E-state index contributed by atoms with van der Waals surface area (Å²) in [5, 5.41) is 19.9. The van der Waals surface area contributed by atoms with Gasteiger partial charge >= 0.3 is 0 Å². The summed E-state index contributed by atoms with van der Waals surface area (Å²) in [6.45, 7) is 3.58. The molecule has 26 heavy (non-hydrogen) atoms. The van der Waals surface area contributed by atoms with Crippen molar-refractivity contribution in [1.29, 1.82) is 5.26 Å². The zero-order chi connectivity index (χ0) is 18.1. The van der Waals surface area contributed by atoms with Gasteiger partial charge in [0, 0.05) is 49.2 Å². The van der Waals surface area contributed by atoms with E-state index in [0.717, 1.165) is 49.5 Å². The number of nitro groups is 1. The first-order valence-corrected chi connectivity index (χ1v) is 8.76. The van der Waals surface area contributed by atoms with Crippen LogP contribution in [0.5, 0.6) is 5.75 Å². The van der Waals surface area contributed by atoms with Crippen LogP contribution in [0.15, 0.2) is 42.5 Å². The topological polar surface area (TPSA) is 79.4 Å². The van der Waals surface area contributed by atoms with E-state index in [4.69, 9.17) is 10.00 Å². The van der Waals surface area contributed by atoms with Crippen LogP contribution < -0.4 is 4.74 Å². The second-order valence-electron chi connectivity index (χ2n) is 6.98. The van der Waals surface area contributed by atoms with Crippen LogP contribution in [0.25, 0.3) is 0 Å². The molecule has 1 saturated heterocycles. The Balaban J connectivity index is 1.42. The average molecular weight is 349 g/mol. The molecule has 2 aliphatic heterocycles. The highest BCUT2D eigenvalue weighted by Gasteiger charge is 2.38. The molecule has 2 aliphatic rings. The van der Waals surface area contributed by atoms with Crippen LogP contribution in [-0.2, 0) is 6.42 Å². The molecule has 132 valence electrons. The highest BCUT2D eigenvalue weighted by molar-refractivity contribution is 5.46.